The number of nitrogens with zero attached hydrogens (tertiary/aromatic N) is 2. The Balaban J connectivity index is 1.24. The molecule has 0 bridgehead atoms. The molecular formula is C26H25N3O6S2. The Morgan fingerprint density at radius 3 is 2.46 bits per heavy atom. The molecule has 192 valence electrons. The van der Waals surface area contributed by atoms with E-state index in [1.165, 1.54) is 42.5 Å². The van der Waals surface area contributed by atoms with E-state index >= 15 is 0 Å². The van der Waals surface area contributed by atoms with Crippen LogP contribution < -0.4 is 19.6 Å². The predicted octanol–water partition coefficient (Wildman–Crippen LogP) is 5.19. The molecule has 1 heterocycles. The minimum absolute atomic E-state index is 0.0235. The van der Waals surface area contributed by atoms with E-state index in [9.17, 15) is 14.9 Å². The molecule has 0 aromatic heterocycles. The summed E-state index contributed by atoms with van der Waals surface area (Å²) in [5.41, 5.74) is 5.20. The maximum Gasteiger partial charge on any atom is 0.277 e. The molecule has 1 aliphatic heterocycles. The van der Waals surface area contributed by atoms with E-state index < -0.39 is 4.92 Å². The van der Waals surface area contributed by atoms with Gasteiger partial charge in [-0.05, 0) is 59.2 Å². The monoisotopic (exact) mass is 539 g/mol. The van der Waals surface area contributed by atoms with Crippen LogP contribution in [0, 0.1) is 10.1 Å². The fraction of sp³-hybridized carbons (Fsp3) is 0.231. The lowest BCUT2D eigenvalue weighted by Gasteiger charge is -2.11. The summed E-state index contributed by atoms with van der Waals surface area (Å²) < 4.78 is 17.2. The maximum atomic E-state index is 12.1. The number of hydrogen-bond acceptors (Lipinski definition) is 9. The van der Waals surface area contributed by atoms with Crippen molar-refractivity contribution in [2.24, 2.45) is 5.10 Å². The number of nitro groups is 1. The minimum atomic E-state index is -0.447. The predicted molar refractivity (Wildman–Crippen MR) is 146 cm³/mol. The summed E-state index contributed by atoms with van der Waals surface area (Å²) in [6, 6.07) is 19.2. The van der Waals surface area contributed by atoms with Gasteiger partial charge in [0.05, 0.1) is 22.8 Å². The molecule has 11 heteroatoms. The van der Waals surface area contributed by atoms with Crippen LogP contribution in [0.4, 0.5) is 5.69 Å². The van der Waals surface area contributed by atoms with E-state index in [-0.39, 0.29) is 24.8 Å². The number of nitrogens with one attached hydrogen (secondary N) is 1. The van der Waals surface area contributed by atoms with Crippen molar-refractivity contribution in [2.75, 3.05) is 25.2 Å². The molecule has 1 amide bonds. The number of thioether (sulfide) groups is 2. The number of carbonyl (C=O) groups excluding carboxylic acids is 1. The summed E-state index contributed by atoms with van der Waals surface area (Å²) in [6.07, 6.45) is 1.49. The summed E-state index contributed by atoms with van der Waals surface area (Å²) >= 11 is 3.88. The van der Waals surface area contributed by atoms with Gasteiger partial charge in [0.15, 0.2) is 18.1 Å². The molecule has 4 rings (SSSR count). The molecule has 1 fully saturated rings. The molecule has 1 saturated heterocycles. The average molecular weight is 540 g/mol. The van der Waals surface area contributed by atoms with E-state index in [0.717, 1.165) is 5.56 Å². The third kappa shape index (κ3) is 7.64. The highest BCUT2D eigenvalue weighted by Gasteiger charge is 2.18. The molecule has 1 aliphatic rings. The Bertz CT molecular complexity index is 1250. The van der Waals surface area contributed by atoms with Crippen molar-refractivity contribution in [1.82, 2.24) is 5.43 Å². The number of hydrogen-bond donors (Lipinski definition) is 1. The molecule has 37 heavy (non-hydrogen) atoms. The summed E-state index contributed by atoms with van der Waals surface area (Å²) in [5.74, 6) is 3.58. The zero-order valence-electron chi connectivity index (χ0n) is 20.0. The van der Waals surface area contributed by atoms with Gasteiger partial charge < -0.3 is 14.2 Å². The number of methoxy groups -OCH3 is 1. The van der Waals surface area contributed by atoms with Crippen LogP contribution in [0.3, 0.4) is 0 Å². The maximum absolute atomic E-state index is 12.1. The lowest BCUT2D eigenvalue weighted by molar-refractivity contribution is -0.384. The standard InChI is InChI=1S/C26H25N3O6S2/c1-33-24-14-19(4-11-23(24)35-16-18-2-7-21(8-3-18)29(31)32)15-27-28-25(30)17-34-22-9-5-20(6-10-22)26-36-12-13-37-26/h2-11,14-15,26H,12-13,16-17H2,1H3,(H,28,30)/b27-15-. The van der Waals surface area contributed by atoms with Gasteiger partial charge in [0.25, 0.3) is 11.6 Å². The number of non-ortho nitro benzene ring substituents is 1. The first-order chi connectivity index (χ1) is 18.0. The second kappa shape index (κ2) is 13.0. The summed E-state index contributed by atoms with van der Waals surface area (Å²) in [5, 5.41) is 14.8. The third-order valence-corrected chi connectivity index (χ3v) is 8.38. The Kier molecular flexibility index (Phi) is 9.28. The topological polar surface area (TPSA) is 112 Å². The van der Waals surface area contributed by atoms with Gasteiger partial charge in [0.2, 0.25) is 0 Å². The number of nitro benzene ring substituents is 1. The van der Waals surface area contributed by atoms with Crippen LogP contribution in [0.1, 0.15) is 21.3 Å². The van der Waals surface area contributed by atoms with Crippen LogP contribution in [0.5, 0.6) is 17.2 Å². The van der Waals surface area contributed by atoms with Crippen molar-refractivity contribution in [2.45, 2.75) is 11.2 Å². The van der Waals surface area contributed by atoms with Crippen LogP contribution in [-0.4, -0.2) is 42.3 Å². The van der Waals surface area contributed by atoms with Gasteiger partial charge >= 0.3 is 0 Å². The molecule has 0 aliphatic carbocycles. The third-order valence-electron chi connectivity index (χ3n) is 5.28. The molecular weight excluding hydrogens is 514 g/mol. The molecule has 0 radical (unpaired) electrons. The van der Waals surface area contributed by atoms with Crippen molar-refractivity contribution in [3.8, 4) is 17.2 Å². The van der Waals surface area contributed by atoms with Crippen LogP contribution in [0.2, 0.25) is 0 Å². The number of benzene rings is 3. The van der Waals surface area contributed by atoms with Gasteiger partial charge in [-0.1, -0.05) is 12.1 Å². The van der Waals surface area contributed by atoms with Crippen LogP contribution in [-0.2, 0) is 11.4 Å². The molecule has 3 aromatic carbocycles. The molecule has 0 spiro atoms. The van der Waals surface area contributed by atoms with Gasteiger partial charge in [0, 0.05) is 23.6 Å². The highest BCUT2D eigenvalue weighted by molar-refractivity contribution is 8.19. The number of ether oxygens (including phenoxy) is 3. The lowest BCUT2D eigenvalue weighted by Crippen LogP contribution is -2.24. The molecule has 9 nitrogen and oxygen atoms in total. The number of amides is 1. The normalized spacial score (nSPS) is 13.4. The summed E-state index contributed by atoms with van der Waals surface area (Å²) in [7, 11) is 1.52. The first-order valence-corrected chi connectivity index (χ1v) is 13.4. The molecule has 0 atom stereocenters. The van der Waals surface area contributed by atoms with E-state index in [0.29, 0.717) is 27.4 Å². The number of rotatable bonds is 11. The Labute approximate surface area is 222 Å². The first kappa shape index (κ1) is 26.4. The van der Waals surface area contributed by atoms with E-state index in [2.05, 4.69) is 10.5 Å². The zero-order valence-corrected chi connectivity index (χ0v) is 21.6. The second-order valence-corrected chi connectivity index (χ2v) is 10.6. The Hall–Kier alpha value is -3.70. The average Bonchev–Trinajstić information content (AvgIpc) is 3.47. The quantitative estimate of drug-likeness (QED) is 0.201. The first-order valence-electron chi connectivity index (χ1n) is 11.3. The lowest BCUT2D eigenvalue weighted by atomic mass is 10.2. The Morgan fingerprint density at radius 1 is 1.05 bits per heavy atom. The molecule has 3 aromatic rings. The highest BCUT2D eigenvalue weighted by Crippen LogP contribution is 2.45. The van der Waals surface area contributed by atoms with E-state index in [1.807, 2.05) is 47.8 Å². The fourth-order valence-corrected chi connectivity index (χ4v) is 6.25. The fourth-order valence-electron chi connectivity index (χ4n) is 3.39. The van der Waals surface area contributed by atoms with E-state index in [4.69, 9.17) is 14.2 Å². The van der Waals surface area contributed by atoms with Crippen molar-refractivity contribution in [3.63, 3.8) is 0 Å². The van der Waals surface area contributed by atoms with Crippen LogP contribution >= 0.6 is 23.5 Å². The highest BCUT2D eigenvalue weighted by atomic mass is 32.2. The van der Waals surface area contributed by atoms with Crippen LogP contribution in [0.15, 0.2) is 71.8 Å². The molecule has 0 saturated carbocycles. The summed E-state index contributed by atoms with van der Waals surface area (Å²) in [4.78, 5) is 22.4. The SMILES string of the molecule is COc1cc(/C=N\NC(=O)COc2ccc(C3SCCS3)cc2)ccc1OCc1ccc([N+](=O)[O-])cc1. The van der Waals surface area contributed by atoms with Gasteiger partial charge in [-0.2, -0.15) is 5.10 Å². The van der Waals surface area contributed by atoms with E-state index in [1.54, 1.807) is 30.3 Å². The Morgan fingerprint density at radius 2 is 1.78 bits per heavy atom. The molecule has 1 N–H and O–H groups in total. The molecule has 0 unspecified atom stereocenters. The number of hydrazone groups is 1. The van der Waals surface area contributed by atoms with Gasteiger partial charge in [-0.3, -0.25) is 14.9 Å². The van der Waals surface area contributed by atoms with Crippen molar-refractivity contribution in [1.29, 1.82) is 0 Å². The van der Waals surface area contributed by atoms with Crippen molar-refractivity contribution in [3.05, 3.63) is 93.5 Å². The summed E-state index contributed by atoms with van der Waals surface area (Å²) in [6.45, 7) is 0.0709. The van der Waals surface area contributed by atoms with Gasteiger partial charge in [-0.25, -0.2) is 5.43 Å². The largest absolute Gasteiger partial charge is 0.493 e. The zero-order chi connectivity index (χ0) is 26.0. The smallest absolute Gasteiger partial charge is 0.277 e. The second-order valence-electron chi connectivity index (χ2n) is 7.85. The van der Waals surface area contributed by atoms with Gasteiger partial charge in [-0.15, -0.1) is 23.5 Å². The van der Waals surface area contributed by atoms with Crippen molar-refractivity contribution >= 4 is 41.3 Å². The van der Waals surface area contributed by atoms with Gasteiger partial charge in [0.1, 0.15) is 12.4 Å². The van der Waals surface area contributed by atoms with Crippen molar-refractivity contribution < 1.29 is 23.9 Å². The van der Waals surface area contributed by atoms with Crippen LogP contribution in [0.25, 0.3) is 0 Å². The number of carbonyl (C=O) groups is 1. The minimum Gasteiger partial charge on any atom is -0.493 e.